The second kappa shape index (κ2) is 8.31. The van der Waals surface area contributed by atoms with Gasteiger partial charge in [0.1, 0.15) is 11.5 Å². The predicted octanol–water partition coefficient (Wildman–Crippen LogP) is 4.34. The number of nitriles is 2. The first kappa shape index (κ1) is 18.4. The van der Waals surface area contributed by atoms with Crippen LogP contribution in [0.5, 0.6) is 11.5 Å². The highest BCUT2D eigenvalue weighted by molar-refractivity contribution is 5.89. The van der Waals surface area contributed by atoms with E-state index in [4.69, 9.17) is 10.5 Å². The Balaban J connectivity index is 1.93. The van der Waals surface area contributed by atoms with Crippen LogP contribution in [-0.4, -0.2) is 22.6 Å². The number of nitrogens with zero attached hydrogens (tertiary/aromatic N) is 4. The van der Waals surface area contributed by atoms with Crippen LogP contribution in [0.25, 0.3) is 0 Å². The lowest BCUT2D eigenvalue weighted by Gasteiger charge is -2.02. The molecule has 3 aromatic rings. The molecule has 0 radical (unpaired) electrons. The number of para-hydroxylation sites is 2. The lowest BCUT2D eigenvalue weighted by atomic mass is 10.1. The first-order valence-corrected chi connectivity index (χ1v) is 8.24. The van der Waals surface area contributed by atoms with Gasteiger partial charge in [0.25, 0.3) is 0 Å². The molecule has 2 N–H and O–H groups in total. The minimum absolute atomic E-state index is 0.0157. The third-order valence-electron chi connectivity index (χ3n) is 3.88. The molecule has 0 spiro atoms. The van der Waals surface area contributed by atoms with E-state index >= 15 is 0 Å². The summed E-state index contributed by atoms with van der Waals surface area (Å²) >= 11 is 0. The molecule has 0 unspecified atom stereocenters. The van der Waals surface area contributed by atoms with E-state index in [2.05, 4.69) is 9.98 Å². The number of rotatable bonds is 4. The van der Waals surface area contributed by atoms with Gasteiger partial charge in [0.05, 0.1) is 34.6 Å². The molecule has 0 atom stereocenters. The van der Waals surface area contributed by atoms with Gasteiger partial charge in [0.15, 0.2) is 0 Å². The highest BCUT2D eigenvalue weighted by Gasteiger charge is 2.03. The fraction of sp³-hybridized carbons (Fsp3) is 0. The molecule has 0 heterocycles. The van der Waals surface area contributed by atoms with Crippen LogP contribution in [0.15, 0.2) is 70.6 Å². The van der Waals surface area contributed by atoms with E-state index in [0.29, 0.717) is 33.6 Å². The van der Waals surface area contributed by atoms with E-state index in [-0.39, 0.29) is 11.5 Å². The second-order valence-corrected chi connectivity index (χ2v) is 5.78. The number of aliphatic imine (C=N–C) groups is 2. The molecule has 28 heavy (non-hydrogen) atoms. The molecule has 0 aromatic heterocycles. The molecule has 0 aliphatic rings. The largest absolute Gasteiger partial charge is 0.507 e. The molecule has 0 amide bonds. The Labute approximate surface area is 161 Å². The Morgan fingerprint density at radius 3 is 1.50 bits per heavy atom. The van der Waals surface area contributed by atoms with Crippen LogP contribution >= 0.6 is 0 Å². The molecule has 0 aliphatic heterocycles. The van der Waals surface area contributed by atoms with Crippen LogP contribution in [0, 0.1) is 22.7 Å². The molecule has 3 aromatic carbocycles. The summed E-state index contributed by atoms with van der Waals surface area (Å²) in [5, 5.41) is 37.8. The minimum Gasteiger partial charge on any atom is -0.507 e. The zero-order chi connectivity index (χ0) is 19.9. The van der Waals surface area contributed by atoms with Crippen molar-refractivity contribution in [2.24, 2.45) is 9.98 Å². The van der Waals surface area contributed by atoms with Crippen LogP contribution in [-0.2, 0) is 0 Å². The van der Waals surface area contributed by atoms with E-state index in [1.165, 1.54) is 48.8 Å². The molecule has 0 saturated carbocycles. The van der Waals surface area contributed by atoms with Gasteiger partial charge in [-0.1, -0.05) is 12.1 Å². The van der Waals surface area contributed by atoms with Crippen LogP contribution in [0.2, 0.25) is 0 Å². The summed E-state index contributed by atoms with van der Waals surface area (Å²) in [6.45, 7) is 0. The molecule has 6 heteroatoms. The van der Waals surface area contributed by atoms with E-state index < -0.39 is 0 Å². The topological polar surface area (TPSA) is 113 Å². The minimum atomic E-state index is 0.0157. The van der Waals surface area contributed by atoms with Crippen molar-refractivity contribution in [3.05, 3.63) is 82.9 Å². The van der Waals surface area contributed by atoms with Crippen LogP contribution in [0.1, 0.15) is 22.3 Å². The summed E-state index contributed by atoms with van der Waals surface area (Å²) in [7, 11) is 0. The first-order chi connectivity index (χ1) is 13.6. The molecular weight excluding hydrogens is 352 g/mol. The van der Waals surface area contributed by atoms with Crippen molar-refractivity contribution in [3.63, 3.8) is 0 Å². The SMILES string of the molecule is N#Cc1ccc(O)c(C=Nc2ccccc2N=Cc2cc(C#N)ccc2O)c1. The van der Waals surface area contributed by atoms with Crippen molar-refractivity contribution in [2.45, 2.75) is 0 Å². The van der Waals surface area contributed by atoms with Crippen molar-refractivity contribution < 1.29 is 10.2 Å². The van der Waals surface area contributed by atoms with E-state index in [1.54, 1.807) is 24.3 Å². The molecule has 0 saturated heterocycles. The first-order valence-electron chi connectivity index (χ1n) is 8.24. The van der Waals surface area contributed by atoms with Crippen molar-refractivity contribution in [3.8, 4) is 23.6 Å². The van der Waals surface area contributed by atoms with Crippen molar-refractivity contribution in [1.82, 2.24) is 0 Å². The number of aromatic hydroxyl groups is 2. The Morgan fingerprint density at radius 1 is 0.679 bits per heavy atom. The van der Waals surface area contributed by atoms with Gasteiger partial charge in [0.2, 0.25) is 0 Å². The predicted molar refractivity (Wildman–Crippen MR) is 107 cm³/mol. The summed E-state index contributed by atoms with van der Waals surface area (Å²) < 4.78 is 0. The molecule has 0 aliphatic carbocycles. The number of phenolic OH excluding ortho intramolecular Hbond substituents is 2. The number of hydrogen-bond acceptors (Lipinski definition) is 6. The summed E-state index contributed by atoms with van der Waals surface area (Å²) in [4.78, 5) is 8.72. The van der Waals surface area contributed by atoms with Crippen LogP contribution in [0.4, 0.5) is 11.4 Å². The molecule has 6 nitrogen and oxygen atoms in total. The number of benzene rings is 3. The second-order valence-electron chi connectivity index (χ2n) is 5.78. The number of hydrogen-bond donors (Lipinski definition) is 2. The molecule has 3 rings (SSSR count). The summed E-state index contributed by atoms with van der Waals surface area (Å²) in [6.07, 6.45) is 2.91. The number of phenols is 2. The van der Waals surface area contributed by atoms with Crippen LogP contribution < -0.4 is 0 Å². The van der Waals surface area contributed by atoms with Gasteiger partial charge in [-0.3, -0.25) is 9.98 Å². The maximum atomic E-state index is 9.93. The lowest BCUT2D eigenvalue weighted by molar-refractivity contribution is 0.474. The molecular formula is C22H14N4O2. The summed E-state index contributed by atoms with van der Waals surface area (Å²) in [5.41, 5.74) is 2.74. The Morgan fingerprint density at radius 2 is 1.11 bits per heavy atom. The normalized spacial score (nSPS) is 10.8. The Kier molecular flexibility index (Phi) is 5.45. The third kappa shape index (κ3) is 4.21. The standard InChI is InChI=1S/C22H14N4O2/c23-11-15-5-7-21(27)17(9-15)13-25-19-3-1-2-4-20(19)26-14-18-10-16(12-24)6-8-22(18)28/h1-10,13-14,27-28H. The summed E-state index contributed by atoms with van der Waals surface area (Å²) in [6, 6.07) is 20.1. The van der Waals surface area contributed by atoms with Crippen molar-refractivity contribution in [1.29, 1.82) is 10.5 Å². The quantitative estimate of drug-likeness (QED) is 0.669. The maximum absolute atomic E-state index is 9.93. The monoisotopic (exact) mass is 366 g/mol. The van der Waals surface area contributed by atoms with E-state index in [9.17, 15) is 10.2 Å². The van der Waals surface area contributed by atoms with Gasteiger partial charge in [-0.15, -0.1) is 0 Å². The van der Waals surface area contributed by atoms with E-state index in [0.717, 1.165) is 0 Å². The fourth-order valence-corrected chi connectivity index (χ4v) is 2.42. The summed E-state index contributed by atoms with van der Waals surface area (Å²) in [5.74, 6) is 0.0314. The van der Waals surface area contributed by atoms with Gasteiger partial charge in [-0.05, 0) is 48.5 Å². The highest BCUT2D eigenvalue weighted by Crippen LogP contribution is 2.28. The van der Waals surface area contributed by atoms with Gasteiger partial charge >= 0.3 is 0 Å². The maximum Gasteiger partial charge on any atom is 0.124 e. The average Bonchev–Trinajstić information content (AvgIpc) is 2.73. The Bertz CT molecular complexity index is 1080. The smallest absolute Gasteiger partial charge is 0.124 e. The molecule has 134 valence electrons. The average molecular weight is 366 g/mol. The third-order valence-corrected chi connectivity index (χ3v) is 3.88. The molecule has 0 bridgehead atoms. The van der Waals surface area contributed by atoms with Gasteiger partial charge in [-0.2, -0.15) is 10.5 Å². The van der Waals surface area contributed by atoms with Crippen molar-refractivity contribution >= 4 is 23.8 Å². The van der Waals surface area contributed by atoms with Gasteiger partial charge < -0.3 is 10.2 Å². The van der Waals surface area contributed by atoms with Crippen molar-refractivity contribution in [2.75, 3.05) is 0 Å². The van der Waals surface area contributed by atoms with Gasteiger partial charge in [-0.25, -0.2) is 0 Å². The zero-order valence-corrected chi connectivity index (χ0v) is 14.6. The zero-order valence-electron chi connectivity index (χ0n) is 14.6. The highest BCUT2D eigenvalue weighted by atomic mass is 16.3. The Hall–Kier alpha value is -4.42. The fourth-order valence-electron chi connectivity index (χ4n) is 2.42. The van der Waals surface area contributed by atoms with Gasteiger partial charge in [0, 0.05) is 23.6 Å². The molecule has 0 fully saturated rings. The van der Waals surface area contributed by atoms with E-state index in [1.807, 2.05) is 12.1 Å². The van der Waals surface area contributed by atoms with Crippen LogP contribution in [0.3, 0.4) is 0 Å². The lowest BCUT2D eigenvalue weighted by Crippen LogP contribution is -1.86.